The summed E-state index contributed by atoms with van der Waals surface area (Å²) in [4.78, 5) is 0. The fourth-order valence-corrected chi connectivity index (χ4v) is 9.33. The van der Waals surface area contributed by atoms with E-state index in [1.54, 1.807) is 0 Å². The highest BCUT2D eigenvalue weighted by molar-refractivity contribution is 7.96. The fourth-order valence-electron chi connectivity index (χ4n) is 4.09. The second-order valence-corrected chi connectivity index (χ2v) is 10.3. The molecule has 0 heterocycles. The number of rotatable bonds is 7. The van der Waals surface area contributed by atoms with Crippen molar-refractivity contribution in [1.29, 1.82) is 0 Å². The molecule has 26 heavy (non-hydrogen) atoms. The van der Waals surface area contributed by atoms with Crippen molar-refractivity contribution in [3.63, 3.8) is 0 Å². The number of aliphatic hydroxyl groups excluding tert-OH is 1. The van der Waals surface area contributed by atoms with Crippen LogP contribution in [0.15, 0.2) is 91.0 Å². The first-order valence-corrected chi connectivity index (χ1v) is 11.3. The van der Waals surface area contributed by atoms with Crippen LogP contribution in [-0.2, 0) is 0 Å². The van der Waals surface area contributed by atoms with Gasteiger partial charge in [-0.1, -0.05) is 68.4 Å². The molecule has 1 N–H and O–H groups in total. The zero-order valence-electron chi connectivity index (χ0n) is 15.6. The molecule has 3 aromatic rings. The highest BCUT2D eigenvalue weighted by atomic mass is 31.2. The van der Waals surface area contributed by atoms with Crippen molar-refractivity contribution in [1.82, 2.24) is 0 Å². The summed E-state index contributed by atoms with van der Waals surface area (Å²) < 4.78 is 0. The summed E-state index contributed by atoms with van der Waals surface area (Å²) in [5, 5.41) is 15.1. The van der Waals surface area contributed by atoms with Gasteiger partial charge < -0.3 is 5.11 Å². The van der Waals surface area contributed by atoms with Gasteiger partial charge in [0.25, 0.3) is 0 Å². The van der Waals surface area contributed by atoms with Crippen molar-refractivity contribution in [2.45, 2.75) is 38.5 Å². The zero-order chi connectivity index (χ0) is 18.4. The van der Waals surface area contributed by atoms with Gasteiger partial charge in [0.2, 0.25) is 0 Å². The highest BCUT2D eigenvalue weighted by Gasteiger charge is 2.53. The van der Waals surface area contributed by atoms with E-state index in [4.69, 9.17) is 0 Å². The van der Waals surface area contributed by atoms with Crippen molar-refractivity contribution >= 4 is 23.2 Å². The number of aliphatic hydroxyl groups is 1. The van der Waals surface area contributed by atoms with Gasteiger partial charge in [-0.2, -0.15) is 0 Å². The molecule has 134 valence electrons. The normalized spacial score (nSPS) is 14.0. The van der Waals surface area contributed by atoms with Crippen molar-refractivity contribution in [2.75, 3.05) is 0 Å². The van der Waals surface area contributed by atoms with E-state index in [1.165, 1.54) is 15.9 Å². The maximum Gasteiger partial charge on any atom is 0.117 e. The van der Waals surface area contributed by atoms with Crippen LogP contribution in [0.5, 0.6) is 0 Å². The third-order valence-corrected chi connectivity index (χ3v) is 10.3. The quantitative estimate of drug-likeness (QED) is 0.612. The van der Waals surface area contributed by atoms with E-state index in [0.29, 0.717) is 0 Å². The van der Waals surface area contributed by atoms with Gasteiger partial charge in [0.05, 0.1) is 6.10 Å². The summed E-state index contributed by atoms with van der Waals surface area (Å²) in [6.07, 6.45) is 1.39. The SMILES string of the molecule is CCC(O)C(CC)[P+](c1ccccc1)(c1ccccc1)c1ccccc1. The zero-order valence-corrected chi connectivity index (χ0v) is 16.5. The third-order valence-electron chi connectivity index (χ3n) is 5.27. The maximum atomic E-state index is 11.1. The van der Waals surface area contributed by atoms with E-state index in [-0.39, 0.29) is 11.8 Å². The molecule has 2 heteroatoms. The largest absolute Gasteiger partial charge is 0.389 e. The Morgan fingerprint density at radius 2 is 0.962 bits per heavy atom. The van der Waals surface area contributed by atoms with Crippen molar-refractivity contribution < 1.29 is 5.11 Å². The Bertz CT molecular complexity index is 690. The lowest BCUT2D eigenvalue weighted by Gasteiger charge is -2.36. The van der Waals surface area contributed by atoms with Gasteiger partial charge in [0.15, 0.2) is 0 Å². The maximum absolute atomic E-state index is 11.1. The first kappa shape index (κ1) is 18.8. The minimum Gasteiger partial charge on any atom is -0.389 e. The highest BCUT2D eigenvalue weighted by Crippen LogP contribution is 2.61. The molecule has 0 aliphatic rings. The summed E-state index contributed by atoms with van der Waals surface area (Å²) in [6.45, 7) is 4.30. The number of benzene rings is 3. The second-order valence-electron chi connectivity index (χ2n) is 6.68. The Labute approximate surface area is 158 Å². The Morgan fingerprint density at radius 1 is 0.615 bits per heavy atom. The molecule has 0 saturated carbocycles. The first-order chi connectivity index (χ1) is 12.7. The van der Waals surface area contributed by atoms with Crippen LogP contribution in [0, 0.1) is 0 Å². The van der Waals surface area contributed by atoms with Crippen LogP contribution >= 0.6 is 7.26 Å². The van der Waals surface area contributed by atoms with Gasteiger partial charge in [0, 0.05) is 0 Å². The van der Waals surface area contributed by atoms with E-state index < -0.39 is 7.26 Å². The predicted octanol–water partition coefficient (Wildman–Crippen LogP) is 4.53. The Morgan fingerprint density at radius 3 is 1.23 bits per heavy atom. The predicted molar refractivity (Wildman–Crippen MR) is 116 cm³/mol. The molecule has 0 aliphatic heterocycles. The molecule has 0 radical (unpaired) electrons. The molecule has 3 aromatic carbocycles. The molecule has 0 amide bonds. The van der Waals surface area contributed by atoms with Gasteiger partial charge in [-0.15, -0.1) is 0 Å². The summed E-state index contributed by atoms with van der Waals surface area (Å²) in [5.74, 6) is 0. The lowest BCUT2D eigenvalue weighted by molar-refractivity contribution is 0.163. The van der Waals surface area contributed by atoms with Crippen LogP contribution < -0.4 is 15.9 Å². The van der Waals surface area contributed by atoms with E-state index in [0.717, 1.165) is 12.8 Å². The first-order valence-electron chi connectivity index (χ1n) is 9.48. The second kappa shape index (κ2) is 8.62. The standard InChI is InChI=1S/C24H28OP/c1-3-23(25)24(4-2)26(20-14-8-5-9-15-20,21-16-10-6-11-17-21)22-18-12-7-13-19-22/h5-19,23-25H,3-4H2,1-2H3/q+1. The topological polar surface area (TPSA) is 20.2 Å². The van der Waals surface area contributed by atoms with E-state index in [1.807, 2.05) is 0 Å². The molecule has 2 unspecified atom stereocenters. The molecular formula is C24H28OP+. The van der Waals surface area contributed by atoms with E-state index in [2.05, 4.69) is 105 Å². The van der Waals surface area contributed by atoms with Crippen LogP contribution in [0.25, 0.3) is 0 Å². The number of hydrogen-bond donors (Lipinski definition) is 1. The van der Waals surface area contributed by atoms with Crippen LogP contribution in [0.2, 0.25) is 0 Å². The van der Waals surface area contributed by atoms with Crippen LogP contribution in [0.3, 0.4) is 0 Å². The van der Waals surface area contributed by atoms with Crippen molar-refractivity contribution in [3.05, 3.63) is 91.0 Å². The van der Waals surface area contributed by atoms with Gasteiger partial charge >= 0.3 is 0 Å². The van der Waals surface area contributed by atoms with Gasteiger partial charge in [0.1, 0.15) is 28.8 Å². The van der Waals surface area contributed by atoms with Gasteiger partial charge in [-0.25, -0.2) is 0 Å². The monoisotopic (exact) mass is 363 g/mol. The van der Waals surface area contributed by atoms with Crippen molar-refractivity contribution in [3.8, 4) is 0 Å². The van der Waals surface area contributed by atoms with Gasteiger partial charge in [-0.05, 0) is 49.2 Å². The van der Waals surface area contributed by atoms with E-state index in [9.17, 15) is 5.11 Å². The van der Waals surface area contributed by atoms with E-state index >= 15 is 0 Å². The third kappa shape index (κ3) is 3.34. The van der Waals surface area contributed by atoms with Crippen LogP contribution in [0.1, 0.15) is 26.7 Å². The van der Waals surface area contributed by atoms with Gasteiger partial charge in [-0.3, -0.25) is 0 Å². The Hall–Kier alpha value is -1.95. The molecule has 1 nitrogen and oxygen atoms in total. The van der Waals surface area contributed by atoms with Crippen LogP contribution in [0.4, 0.5) is 0 Å². The molecule has 0 aromatic heterocycles. The Kier molecular flexibility index (Phi) is 6.25. The summed E-state index contributed by atoms with van der Waals surface area (Å²) in [5.41, 5.74) is 0.194. The number of hydrogen-bond acceptors (Lipinski definition) is 1. The molecule has 0 aliphatic carbocycles. The van der Waals surface area contributed by atoms with Crippen molar-refractivity contribution in [2.24, 2.45) is 0 Å². The average molecular weight is 363 g/mol. The summed E-state index contributed by atoms with van der Waals surface area (Å²) in [7, 11) is -1.99. The molecular weight excluding hydrogens is 335 g/mol. The molecule has 0 bridgehead atoms. The molecule has 3 rings (SSSR count). The minimum absolute atomic E-state index is 0.194. The molecule has 0 fully saturated rings. The fraction of sp³-hybridized carbons (Fsp3) is 0.250. The summed E-state index contributed by atoms with van der Waals surface area (Å²) in [6, 6.07) is 32.5. The molecule has 2 atom stereocenters. The average Bonchev–Trinajstić information content (AvgIpc) is 2.73. The molecule has 0 saturated heterocycles. The Balaban J connectivity index is 2.39. The molecule has 0 spiro atoms. The smallest absolute Gasteiger partial charge is 0.117 e. The summed E-state index contributed by atoms with van der Waals surface area (Å²) >= 11 is 0. The lowest BCUT2D eigenvalue weighted by atomic mass is 10.1. The van der Waals surface area contributed by atoms with Crippen LogP contribution in [-0.4, -0.2) is 16.9 Å². The lowest BCUT2D eigenvalue weighted by Crippen LogP contribution is -2.43. The minimum atomic E-state index is -1.99.